The van der Waals surface area contributed by atoms with Crippen LogP contribution in [0, 0.1) is 17.2 Å². The number of nitrogens with two attached hydrogens (primary N) is 1. The predicted octanol–water partition coefficient (Wildman–Crippen LogP) is 2.28. The summed E-state index contributed by atoms with van der Waals surface area (Å²) in [4.78, 5) is 0. The molecule has 0 radical (unpaired) electrons. The highest BCUT2D eigenvalue weighted by molar-refractivity contribution is 5.23. The lowest BCUT2D eigenvalue weighted by Crippen LogP contribution is -2.29. The van der Waals surface area contributed by atoms with Crippen LogP contribution in [0.3, 0.4) is 0 Å². The average Bonchev–Trinajstić information content (AvgIpc) is 2.89. The van der Waals surface area contributed by atoms with Crippen molar-refractivity contribution in [3.8, 4) is 0 Å². The molecular weight excluding hydrogens is 217 g/mol. The molecule has 0 spiro atoms. The molecule has 1 aromatic rings. The second-order valence-corrected chi connectivity index (χ2v) is 5.69. The second-order valence-electron chi connectivity index (χ2n) is 5.69. The summed E-state index contributed by atoms with van der Waals surface area (Å²) in [6, 6.07) is 6.37. The second kappa shape index (κ2) is 4.39. The van der Waals surface area contributed by atoms with E-state index < -0.39 is 6.10 Å². The first kappa shape index (κ1) is 12.5. The first-order valence-corrected chi connectivity index (χ1v) is 6.09. The molecule has 0 amide bonds. The summed E-state index contributed by atoms with van der Waals surface area (Å²) in [5.74, 6) is -0.167. The Morgan fingerprint density at radius 3 is 2.65 bits per heavy atom. The lowest BCUT2D eigenvalue weighted by molar-refractivity contribution is 0.109. The molecule has 0 saturated heterocycles. The van der Waals surface area contributed by atoms with Crippen LogP contribution in [0.2, 0.25) is 0 Å². The van der Waals surface area contributed by atoms with Crippen molar-refractivity contribution in [1.82, 2.24) is 0 Å². The van der Waals surface area contributed by atoms with Gasteiger partial charge < -0.3 is 10.8 Å². The Morgan fingerprint density at radius 2 is 2.18 bits per heavy atom. The Labute approximate surface area is 102 Å². The van der Waals surface area contributed by atoms with Crippen molar-refractivity contribution in [3.63, 3.8) is 0 Å². The van der Waals surface area contributed by atoms with Crippen molar-refractivity contribution in [2.45, 2.75) is 32.3 Å². The number of hydrogen-bond donors (Lipinski definition) is 2. The van der Waals surface area contributed by atoms with Crippen molar-refractivity contribution in [1.29, 1.82) is 0 Å². The minimum atomic E-state index is -0.475. The lowest BCUT2D eigenvalue weighted by Gasteiger charge is -2.23. The maximum absolute atomic E-state index is 13.2. The molecule has 3 unspecified atom stereocenters. The van der Waals surface area contributed by atoms with E-state index in [4.69, 9.17) is 5.73 Å². The van der Waals surface area contributed by atoms with E-state index in [0.717, 1.165) is 12.0 Å². The van der Waals surface area contributed by atoms with Gasteiger partial charge in [0.05, 0.1) is 6.10 Å². The molecule has 3 atom stereocenters. The first-order chi connectivity index (χ1) is 7.95. The zero-order valence-corrected chi connectivity index (χ0v) is 10.4. The van der Waals surface area contributed by atoms with E-state index in [2.05, 4.69) is 13.8 Å². The van der Waals surface area contributed by atoms with Crippen molar-refractivity contribution >= 4 is 0 Å². The van der Waals surface area contributed by atoms with Crippen LogP contribution in [0.5, 0.6) is 0 Å². The van der Waals surface area contributed by atoms with Gasteiger partial charge in [-0.15, -0.1) is 0 Å². The molecule has 2 rings (SSSR count). The first-order valence-electron chi connectivity index (χ1n) is 6.09. The quantitative estimate of drug-likeness (QED) is 0.844. The molecule has 1 aromatic carbocycles. The Hall–Kier alpha value is -0.930. The zero-order valence-electron chi connectivity index (χ0n) is 10.4. The van der Waals surface area contributed by atoms with Crippen LogP contribution in [0.1, 0.15) is 31.7 Å². The molecule has 2 nitrogen and oxygen atoms in total. The standard InChI is InChI=1S/C14H20FNO/c1-14(2)7-12(14)13(17)11(8-16)9-4-3-5-10(15)6-9/h3-6,11-13,17H,7-8,16H2,1-2H3. The van der Waals surface area contributed by atoms with Crippen LogP contribution in [-0.2, 0) is 0 Å². The minimum absolute atomic E-state index is 0.169. The summed E-state index contributed by atoms with van der Waals surface area (Å²) < 4.78 is 13.2. The monoisotopic (exact) mass is 237 g/mol. The number of hydrogen-bond acceptors (Lipinski definition) is 2. The fourth-order valence-corrected chi connectivity index (χ4v) is 2.58. The van der Waals surface area contributed by atoms with Crippen LogP contribution in [0.25, 0.3) is 0 Å². The number of rotatable bonds is 4. The van der Waals surface area contributed by atoms with Gasteiger partial charge in [-0.05, 0) is 35.4 Å². The van der Waals surface area contributed by atoms with Crippen LogP contribution in [0.4, 0.5) is 4.39 Å². The van der Waals surface area contributed by atoms with E-state index in [1.54, 1.807) is 6.07 Å². The Morgan fingerprint density at radius 1 is 1.53 bits per heavy atom. The highest BCUT2D eigenvalue weighted by Crippen LogP contribution is 2.55. The Bertz CT molecular complexity index is 405. The van der Waals surface area contributed by atoms with Crippen molar-refractivity contribution in [2.24, 2.45) is 17.1 Å². The molecule has 0 heterocycles. The fraction of sp³-hybridized carbons (Fsp3) is 0.571. The predicted molar refractivity (Wildman–Crippen MR) is 66.1 cm³/mol. The van der Waals surface area contributed by atoms with E-state index in [9.17, 15) is 9.50 Å². The van der Waals surface area contributed by atoms with Gasteiger partial charge in [-0.3, -0.25) is 0 Å². The Kier molecular flexibility index (Phi) is 3.23. The molecule has 1 aliphatic rings. The van der Waals surface area contributed by atoms with E-state index in [1.165, 1.54) is 12.1 Å². The molecule has 1 fully saturated rings. The van der Waals surface area contributed by atoms with Gasteiger partial charge in [0.1, 0.15) is 5.82 Å². The molecule has 17 heavy (non-hydrogen) atoms. The SMILES string of the molecule is CC1(C)CC1C(O)C(CN)c1cccc(F)c1. The minimum Gasteiger partial charge on any atom is -0.392 e. The number of halogens is 1. The topological polar surface area (TPSA) is 46.2 Å². The number of aliphatic hydroxyl groups is 1. The van der Waals surface area contributed by atoms with E-state index in [-0.39, 0.29) is 23.1 Å². The average molecular weight is 237 g/mol. The van der Waals surface area contributed by atoms with Gasteiger partial charge in [0.25, 0.3) is 0 Å². The third-order valence-corrected chi connectivity index (χ3v) is 3.94. The van der Waals surface area contributed by atoms with Crippen molar-refractivity contribution in [2.75, 3.05) is 6.54 Å². The van der Waals surface area contributed by atoms with Gasteiger partial charge >= 0.3 is 0 Å². The molecule has 0 aromatic heterocycles. The summed E-state index contributed by atoms with van der Waals surface area (Å²) in [6.45, 7) is 4.62. The van der Waals surface area contributed by atoms with Crippen LogP contribution < -0.4 is 5.73 Å². The van der Waals surface area contributed by atoms with Crippen molar-refractivity contribution < 1.29 is 9.50 Å². The third kappa shape index (κ3) is 2.50. The summed E-state index contributed by atoms with van der Waals surface area (Å²) in [7, 11) is 0. The molecule has 3 heteroatoms. The molecular formula is C14H20FNO. The van der Waals surface area contributed by atoms with Gasteiger partial charge in [-0.25, -0.2) is 4.39 Å². The maximum atomic E-state index is 13.2. The third-order valence-electron chi connectivity index (χ3n) is 3.94. The summed E-state index contributed by atoms with van der Waals surface area (Å²) in [6.07, 6.45) is 0.539. The zero-order chi connectivity index (χ0) is 12.6. The summed E-state index contributed by atoms with van der Waals surface area (Å²) in [5, 5.41) is 10.3. The normalized spacial score (nSPS) is 25.4. The number of benzene rings is 1. The van der Waals surface area contributed by atoms with Crippen molar-refractivity contribution in [3.05, 3.63) is 35.6 Å². The fourth-order valence-electron chi connectivity index (χ4n) is 2.58. The molecule has 3 N–H and O–H groups in total. The van der Waals surface area contributed by atoms with Gasteiger partial charge in [0.15, 0.2) is 0 Å². The summed E-state index contributed by atoms with van der Waals surface area (Å²) >= 11 is 0. The summed E-state index contributed by atoms with van der Waals surface area (Å²) in [5.41, 5.74) is 6.72. The van der Waals surface area contributed by atoms with Gasteiger partial charge in [-0.1, -0.05) is 26.0 Å². The highest BCUT2D eigenvalue weighted by atomic mass is 19.1. The molecule has 94 valence electrons. The van der Waals surface area contributed by atoms with Gasteiger partial charge in [0, 0.05) is 12.5 Å². The maximum Gasteiger partial charge on any atom is 0.123 e. The molecule has 1 aliphatic carbocycles. The number of aliphatic hydroxyl groups excluding tert-OH is 1. The van der Waals surface area contributed by atoms with E-state index >= 15 is 0 Å². The molecule has 1 saturated carbocycles. The van der Waals surface area contributed by atoms with Gasteiger partial charge in [0.2, 0.25) is 0 Å². The molecule has 0 aliphatic heterocycles. The highest BCUT2D eigenvalue weighted by Gasteiger charge is 2.51. The largest absolute Gasteiger partial charge is 0.392 e. The lowest BCUT2D eigenvalue weighted by atomic mass is 9.88. The molecule has 0 bridgehead atoms. The van der Waals surface area contributed by atoms with E-state index in [1.807, 2.05) is 6.07 Å². The van der Waals surface area contributed by atoms with Crippen LogP contribution in [-0.4, -0.2) is 17.8 Å². The van der Waals surface area contributed by atoms with Gasteiger partial charge in [-0.2, -0.15) is 0 Å². The van der Waals surface area contributed by atoms with E-state index in [0.29, 0.717) is 6.54 Å². The Balaban J connectivity index is 2.16. The van der Waals surface area contributed by atoms with Crippen LogP contribution >= 0.6 is 0 Å². The van der Waals surface area contributed by atoms with Crippen LogP contribution in [0.15, 0.2) is 24.3 Å². The smallest absolute Gasteiger partial charge is 0.123 e.